The second-order valence-corrected chi connectivity index (χ2v) is 9.06. The van der Waals surface area contributed by atoms with E-state index in [1.54, 1.807) is 18.2 Å². The maximum absolute atomic E-state index is 13.7. The van der Waals surface area contributed by atoms with E-state index in [2.05, 4.69) is 22.0 Å². The summed E-state index contributed by atoms with van der Waals surface area (Å²) in [5.74, 6) is -0.336. The largest absolute Gasteiger partial charge is 0.356 e. The summed E-state index contributed by atoms with van der Waals surface area (Å²) in [4.78, 5) is 27.7. The minimum absolute atomic E-state index is 0.00974. The lowest BCUT2D eigenvalue weighted by Crippen LogP contribution is -2.43. The Kier molecular flexibility index (Phi) is 7.46. The highest BCUT2D eigenvalue weighted by molar-refractivity contribution is 5.96. The summed E-state index contributed by atoms with van der Waals surface area (Å²) in [6.45, 7) is 6.30. The Labute approximate surface area is 200 Å². The number of aryl methyl sites for hydroxylation is 1. The molecule has 0 radical (unpaired) electrons. The molecule has 178 valence electrons. The van der Waals surface area contributed by atoms with Crippen molar-refractivity contribution in [3.8, 4) is 0 Å². The molecule has 0 spiro atoms. The van der Waals surface area contributed by atoms with Crippen LogP contribution in [0.3, 0.4) is 0 Å². The Morgan fingerprint density at radius 1 is 1.00 bits per heavy atom. The van der Waals surface area contributed by atoms with Gasteiger partial charge in [-0.25, -0.2) is 4.39 Å². The predicted octanol–water partition coefficient (Wildman–Crippen LogP) is 4.50. The molecule has 6 heteroatoms. The van der Waals surface area contributed by atoms with Crippen molar-refractivity contribution < 1.29 is 14.0 Å². The summed E-state index contributed by atoms with van der Waals surface area (Å²) in [6, 6.07) is 18.8. The van der Waals surface area contributed by atoms with Crippen LogP contribution in [0.5, 0.6) is 0 Å². The molecular weight excluding hydrogens is 429 g/mol. The highest BCUT2D eigenvalue weighted by Crippen LogP contribution is 2.23. The lowest BCUT2D eigenvalue weighted by Gasteiger charge is -2.31. The number of aromatic nitrogens is 1. The van der Waals surface area contributed by atoms with Crippen molar-refractivity contribution in [3.05, 3.63) is 94.6 Å². The smallest absolute Gasteiger partial charge is 0.255 e. The number of likely N-dealkylation sites (tertiary alicyclic amines) is 1. The molecule has 3 aromatic rings. The first-order valence-electron chi connectivity index (χ1n) is 11.9. The zero-order valence-electron chi connectivity index (χ0n) is 19.9. The molecule has 1 aliphatic heterocycles. The topological polar surface area (TPSA) is 54.3 Å². The molecule has 2 amide bonds. The number of nitrogens with zero attached hydrogens (tertiary/aromatic N) is 2. The van der Waals surface area contributed by atoms with E-state index in [1.807, 2.05) is 43.0 Å². The monoisotopic (exact) mass is 461 g/mol. The molecule has 5 nitrogen and oxygen atoms in total. The summed E-state index contributed by atoms with van der Waals surface area (Å²) in [6.07, 6.45) is 1.74. The number of hydrogen-bond acceptors (Lipinski definition) is 2. The van der Waals surface area contributed by atoms with E-state index in [0.717, 1.165) is 23.5 Å². The number of amides is 2. The molecule has 0 saturated carbocycles. The minimum Gasteiger partial charge on any atom is -0.356 e. The van der Waals surface area contributed by atoms with Gasteiger partial charge in [-0.3, -0.25) is 9.59 Å². The quantitative estimate of drug-likeness (QED) is 0.563. The SMILES string of the molecule is Cc1cc(C(=O)N2CCC(C(=O)NCCc3ccccc3F)CC2)c(C)n1Cc1ccccc1. The Balaban J connectivity index is 1.30. The van der Waals surface area contributed by atoms with E-state index in [9.17, 15) is 14.0 Å². The van der Waals surface area contributed by atoms with Gasteiger partial charge in [0, 0.05) is 43.5 Å². The van der Waals surface area contributed by atoms with Crippen LogP contribution in [0, 0.1) is 25.6 Å². The second-order valence-electron chi connectivity index (χ2n) is 9.06. The molecule has 1 saturated heterocycles. The summed E-state index contributed by atoms with van der Waals surface area (Å²) >= 11 is 0. The van der Waals surface area contributed by atoms with Gasteiger partial charge < -0.3 is 14.8 Å². The molecule has 0 unspecified atom stereocenters. The molecular formula is C28H32FN3O2. The highest BCUT2D eigenvalue weighted by Gasteiger charge is 2.29. The van der Waals surface area contributed by atoms with E-state index in [4.69, 9.17) is 0 Å². The minimum atomic E-state index is -0.244. The van der Waals surface area contributed by atoms with E-state index in [-0.39, 0.29) is 23.5 Å². The van der Waals surface area contributed by atoms with Gasteiger partial charge in [0.05, 0.1) is 5.56 Å². The number of halogens is 1. The molecule has 1 aromatic heterocycles. The molecule has 34 heavy (non-hydrogen) atoms. The van der Waals surface area contributed by atoms with Crippen LogP contribution in [-0.2, 0) is 17.8 Å². The Morgan fingerprint density at radius 2 is 1.68 bits per heavy atom. The molecule has 1 N–H and O–H groups in total. The fraction of sp³-hybridized carbons (Fsp3) is 0.357. The van der Waals surface area contributed by atoms with Crippen molar-refractivity contribution in [2.75, 3.05) is 19.6 Å². The summed E-state index contributed by atoms with van der Waals surface area (Å²) < 4.78 is 15.9. The zero-order chi connectivity index (χ0) is 24.1. The molecule has 0 aliphatic carbocycles. The van der Waals surface area contributed by atoms with E-state index in [1.165, 1.54) is 11.6 Å². The number of hydrogen-bond donors (Lipinski definition) is 1. The van der Waals surface area contributed by atoms with Crippen LogP contribution in [0.15, 0.2) is 60.7 Å². The van der Waals surface area contributed by atoms with Gasteiger partial charge >= 0.3 is 0 Å². The number of carbonyl (C=O) groups is 2. The van der Waals surface area contributed by atoms with Crippen molar-refractivity contribution in [2.24, 2.45) is 5.92 Å². The first kappa shape index (κ1) is 23.7. The first-order valence-corrected chi connectivity index (χ1v) is 11.9. The highest BCUT2D eigenvalue weighted by atomic mass is 19.1. The number of rotatable bonds is 7. The maximum Gasteiger partial charge on any atom is 0.255 e. The first-order chi connectivity index (χ1) is 16.4. The zero-order valence-corrected chi connectivity index (χ0v) is 19.9. The van der Waals surface area contributed by atoms with Crippen LogP contribution >= 0.6 is 0 Å². The normalized spacial score (nSPS) is 14.3. The molecule has 2 aromatic carbocycles. The number of carbonyl (C=O) groups excluding carboxylic acids is 2. The number of piperidine rings is 1. The fourth-order valence-electron chi connectivity index (χ4n) is 4.71. The van der Waals surface area contributed by atoms with Crippen molar-refractivity contribution >= 4 is 11.8 Å². The number of nitrogens with one attached hydrogen (secondary N) is 1. The van der Waals surface area contributed by atoms with Crippen LogP contribution in [-0.4, -0.2) is 40.9 Å². The molecule has 1 aliphatic rings. The Morgan fingerprint density at radius 3 is 2.38 bits per heavy atom. The van der Waals surface area contributed by atoms with Crippen molar-refractivity contribution in [2.45, 2.75) is 39.7 Å². The summed E-state index contributed by atoms with van der Waals surface area (Å²) in [5, 5.41) is 2.93. The van der Waals surface area contributed by atoms with Crippen LogP contribution in [0.1, 0.15) is 45.7 Å². The van der Waals surface area contributed by atoms with E-state index < -0.39 is 0 Å². The van der Waals surface area contributed by atoms with Crippen molar-refractivity contribution in [3.63, 3.8) is 0 Å². The van der Waals surface area contributed by atoms with Gasteiger partial charge in [0.1, 0.15) is 5.82 Å². The Bertz CT molecular complexity index is 1150. The molecule has 2 heterocycles. The molecule has 0 bridgehead atoms. The van der Waals surface area contributed by atoms with Gasteiger partial charge in [0.25, 0.3) is 5.91 Å². The predicted molar refractivity (Wildman–Crippen MR) is 131 cm³/mol. The number of benzene rings is 2. The standard InChI is InChI=1S/C28H32FN3O2/c1-20-18-25(21(2)32(20)19-22-8-4-3-5-9-22)28(34)31-16-13-24(14-17-31)27(33)30-15-12-23-10-6-7-11-26(23)29/h3-11,18,24H,12-17,19H2,1-2H3,(H,30,33). The van der Waals surface area contributed by atoms with Gasteiger partial charge in [-0.2, -0.15) is 0 Å². The van der Waals surface area contributed by atoms with Crippen molar-refractivity contribution in [1.29, 1.82) is 0 Å². The van der Waals surface area contributed by atoms with Gasteiger partial charge in [0.2, 0.25) is 5.91 Å². The third kappa shape index (κ3) is 5.38. The van der Waals surface area contributed by atoms with Gasteiger partial charge in [-0.15, -0.1) is 0 Å². The van der Waals surface area contributed by atoms with Crippen LogP contribution in [0.2, 0.25) is 0 Å². The lowest BCUT2D eigenvalue weighted by atomic mass is 9.95. The maximum atomic E-state index is 13.7. The van der Waals surface area contributed by atoms with Gasteiger partial charge in [-0.05, 0) is 56.4 Å². The Hall–Kier alpha value is -3.41. The third-order valence-electron chi connectivity index (χ3n) is 6.79. The molecule has 4 rings (SSSR count). The average molecular weight is 462 g/mol. The van der Waals surface area contributed by atoms with Crippen LogP contribution in [0.4, 0.5) is 4.39 Å². The van der Waals surface area contributed by atoms with Crippen molar-refractivity contribution in [1.82, 2.24) is 14.8 Å². The average Bonchev–Trinajstić information content (AvgIpc) is 3.13. The van der Waals surface area contributed by atoms with Crippen LogP contribution in [0.25, 0.3) is 0 Å². The fourth-order valence-corrected chi connectivity index (χ4v) is 4.71. The van der Waals surface area contributed by atoms with Crippen LogP contribution < -0.4 is 5.32 Å². The lowest BCUT2D eigenvalue weighted by molar-refractivity contribution is -0.126. The third-order valence-corrected chi connectivity index (χ3v) is 6.79. The molecule has 0 atom stereocenters. The van der Waals surface area contributed by atoms with Gasteiger partial charge in [0.15, 0.2) is 0 Å². The van der Waals surface area contributed by atoms with Gasteiger partial charge in [-0.1, -0.05) is 48.5 Å². The molecule has 1 fully saturated rings. The van der Waals surface area contributed by atoms with E-state index >= 15 is 0 Å². The second kappa shape index (κ2) is 10.7. The van der Waals surface area contributed by atoms with E-state index in [0.29, 0.717) is 44.5 Å². The summed E-state index contributed by atoms with van der Waals surface area (Å²) in [5.41, 5.74) is 4.58. The summed E-state index contributed by atoms with van der Waals surface area (Å²) in [7, 11) is 0.